The van der Waals surface area contributed by atoms with Gasteiger partial charge in [-0.15, -0.1) is 0 Å². The fourth-order valence-corrected chi connectivity index (χ4v) is 1.66. The summed E-state index contributed by atoms with van der Waals surface area (Å²) in [6.07, 6.45) is 1.38. The summed E-state index contributed by atoms with van der Waals surface area (Å²) in [7, 11) is 0. The second-order valence-corrected chi connectivity index (χ2v) is 4.09. The Morgan fingerprint density at radius 1 is 1.56 bits per heavy atom. The average Bonchev–Trinajstić information content (AvgIpc) is 2.32. The minimum atomic E-state index is -0.513. The van der Waals surface area contributed by atoms with Gasteiger partial charge in [0.2, 0.25) is 0 Å². The number of hydrogen-bond donors (Lipinski definition) is 0. The highest BCUT2D eigenvalue weighted by atomic mass is 16.6. The Hall–Kier alpha value is -2.50. The van der Waals surface area contributed by atoms with Gasteiger partial charge in [0.25, 0.3) is 11.2 Å². The molecule has 18 heavy (non-hydrogen) atoms. The largest absolute Gasteiger partial charge is 0.295 e. The van der Waals surface area contributed by atoms with Crippen LogP contribution in [0.2, 0.25) is 0 Å². The summed E-state index contributed by atoms with van der Waals surface area (Å²) in [5.74, 6) is 0. The van der Waals surface area contributed by atoms with Crippen molar-refractivity contribution in [2.45, 2.75) is 13.5 Å². The van der Waals surface area contributed by atoms with E-state index in [1.165, 1.54) is 29.1 Å². The molecule has 1 aromatic carbocycles. The maximum Gasteiger partial charge on any atom is 0.271 e. The second kappa shape index (κ2) is 4.40. The lowest BCUT2D eigenvalue weighted by molar-refractivity contribution is -0.384. The van der Waals surface area contributed by atoms with Crippen LogP contribution in [0.3, 0.4) is 0 Å². The lowest BCUT2D eigenvalue weighted by atomic mass is 10.2. The molecule has 0 aliphatic rings. The van der Waals surface area contributed by atoms with Crippen LogP contribution in [0.15, 0.2) is 41.5 Å². The summed E-state index contributed by atoms with van der Waals surface area (Å²) < 4.78 is 1.43. The van der Waals surface area contributed by atoms with Gasteiger partial charge in [0, 0.05) is 18.7 Å². The molecule has 0 spiro atoms. The van der Waals surface area contributed by atoms with Crippen molar-refractivity contribution in [3.05, 3.63) is 57.1 Å². The van der Waals surface area contributed by atoms with Gasteiger partial charge in [-0.25, -0.2) is 4.98 Å². The van der Waals surface area contributed by atoms with Gasteiger partial charge in [-0.1, -0.05) is 12.2 Å². The Morgan fingerprint density at radius 2 is 2.28 bits per heavy atom. The summed E-state index contributed by atoms with van der Waals surface area (Å²) in [5.41, 5.74) is 0.859. The minimum absolute atomic E-state index is 0.0768. The lowest BCUT2D eigenvalue weighted by Gasteiger charge is -2.05. The van der Waals surface area contributed by atoms with Crippen LogP contribution in [0.5, 0.6) is 0 Å². The molecule has 1 heterocycles. The minimum Gasteiger partial charge on any atom is -0.295 e. The van der Waals surface area contributed by atoms with Gasteiger partial charge in [-0.05, 0) is 13.0 Å². The monoisotopic (exact) mass is 245 g/mol. The van der Waals surface area contributed by atoms with Gasteiger partial charge in [0.15, 0.2) is 0 Å². The Morgan fingerprint density at radius 3 is 2.89 bits per heavy atom. The molecule has 0 bridgehead atoms. The van der Waals surface area contributed by atoms with E-state index in [9.17, 15) is 14.9 Å². The summed E-state index contributed by atoms with van der Waals surface area (Å²) >= 11 is 0. The number of aromatic nitrogens is 2. The predicted molar refractivity (Wildman–Crippen MR) is 67.5 cm³/mol. The highest BCUT2D eigenvalue weighted by molar-refractivity contribution is 5.79. The smallest absolute Gasteiger partial charge is 0.271 e. The Balaban J connectivity index is 2.62. The van der Waals surface area contributed by atoms with E-state index in [4.69, 9.17) is 0 Å². The highest BCUT2D eigenvalue weighted by Crippen LogP contribution is 2.16. The van der Waals surface area contributed by atoms with E-state index in [-0.39, 0.29) is 11.2 Å². The van der Waals surface area contributed by atoms with E-state index in [1.54, 1.807) is 0 Å². The molecule has 0 aliphatic heterocycles. The van der Waals surface area contributed by atoms with Crippen molar-refractivity contribution >= 4 is 16.6 Å². The first-order valence-electron chi connectivity index (χ1n) is 5.27. The van der Waals surface area contributed by atoms with Crippen molar-refractivity contribution in [3.63, 3.8) is 0 Å². The van der Waals surface area contributed by atoms with Crippen LogP contribution in [-0.4, -0.2) is 14.5 Å². The second-order valence-electron chi connectivity index (χ2n) is 4.09. The standard InChI is InChI=1S/C12H11N3O3/c1-8(2)6-14-7-13-11-5-9(15(17)18)3-4-10(11)12(14)16/h3-5,7H,1,6H2,2H3. The van der Waals surface area contributed by atoms with Crippen molar-refractivity contribution in [1.82, 2.24) is 9.55 Å². The third-order valence-electron chi connectivity index (χ3n) is 2.46. The van der Waals surface area contributed by atoms with Gasteiger partial charge >= 0.3 is 0 Å². The summed E-state index contributed by atoms with van der Waals surface area (Å²) in [4.78, 5) is 26.2. The molecule has 1 aromatic heterocycles. The van der Waals surface area contributed by atoms with E-state index in [1.807, 2.05) is 6.92 Å². The zero-order valence-electron chi connectivity index (χ0n) is 9.79. The highest BCUT2D eigenvalue weighted by Gasteiger charge is 2.10. The van der Waals surface area contributed by atoms with Crippen molar-refractivity contribution in [1.29, 1.82) is 0 Å². The molecular weight excluding hydrogens is 234 g/mol. The van der Waals surface area contributed by atoms with E-state index in [0.29, 0.717) is 17.4 Å². The van der Waals surface area contributed by atoms with E-state index >= 15 is 0 Å². The van der Waals surface area contributed by atoms with Gasteiger partial charge < -0.3 is 0 Å². The third-order valence-corrected chi connectivity index (χ3v) is 2.46. The van der Waals surface area contributed by atoms with Crippen LogP contribution in [0, 0.1) is 10.1 Å². The maximum absolute atomic E-state index is 12.1. The molecule has 6 heteroatoms. The number of allylic oxidation sites excluding steroid dienone is 1. The van der Waals surface area contributed by atoms with E-state index < -0.39 is 4.92 Å². The molecule has 2 rings (SSSR count). The molecule has 0 aliphatic carbocycles. The van der Waals surface area contributed by atoms with Crippen LogP contribution in [0.4, 0.5) is 5.69 Å². The first-order valence-corrected chi connectivity index (χ1v) is 5.27. The molecule has 0 fully saturated rings. The van der Waals surface area contributed by atoms with Crippen LogP contribution < -0.4 is 5.56 Å². The van der Waals surface area contributed by atoms with Crippen molar-refractivity contribution < 1.29 is 4.92 Å². The Kier molecular flexibility index (Phi) is 2.93. The number of nitrogens with zero attached hydrogens (tertiary/aromatic N) is 3. The quantitative estimate of drug-likeness (QED) is 0.470. The molecule has 0 atom stereocenters. The van der Waals surface area contributed by atoms with Crippen LogP contribution in [0.1, 0.15) is 6.92 Å². The Bertz CT molecular complexity index is 703. The molecule has 0 saturated heterocycles. The number of rotatable bonds is 3. The van der Waals surface area contributed by atoms with Gasteiger partial charge in [-0.2, -0.15) is 0 Å². The summed E-state index contributed by atoms with van der Waals surface area (Å²) in [6, 6.07) is 4.02. The maximum atomic E-state index is 12.1. The molecule has 2 aromatic rings. The number of fused-ring (bicyclic) bond motifs is 1. The van der Waals surface area contributed by atoms with Gasteiger partial charge in [0.05, 0.1) is 22.2 Å². The summed E-state index contributed by atoms with van der Waals surface area (Å²) in [6.45, 7) is 5.93. The normalized spacial score (nSPS) is 10.5. The van der Waals surface area contributed by atoms with E-state index in [0.717, 1.165) is 5.57 Å². The fraction of sp³-hybridized carbons (Fsp3) is 0.167. The molecule has 0 radical (unpaired) electrons. The molecular formula is C12H11N3O3. The van der Waals surface area contributed by atoms with Crippen LogP contribution in [-0.2, 0) is 6.54 Å². The molecule has 0 N–H and O–H groups in total. The van der Waals surface area contributed by atoms with Gasteiger partial charge in [-0.3, -0.25) is 19.5 Å². The summed E-state index contributed by atoms with van der Waals surface area (Å²) in [5, 5.41) is 11.0. The van der Waals surface area contributed by atoms with Crippen molar-refractivity contribution in [2.75, 3.05) is 0 Å². The van der Waals surface area contributed by atoms with E-state index in [2.05, 4.69) is 11.6 Å². The number of nitro benzene ring substituents is 1. The number of hydrogen-bond acceptors (Lipinski definition) is 4. The SMILES string of the molecule is C=C(C)Cn1cnc2cc([N+](=O)[O-])ccc2c1=O. The molecule has 92 valence electrons. The fourth-order valence-electron chi connectivity index (χ4n) is 1.66. The third kappa shape index (κ3) is 2.13. The molecule has 0 amide bonds. The van der Waals surface area contributed by atoms with Crippen LogP contribution >= 0.6 is 0 Å². The van der Waals surface area contributed by atoms with Crippen molar-refractivity contribution in [3.8, 4) is 0 Å². The zero-order valence-corrected chi connectivity index (χ0v) is 9.79. The van der Waals surface area contributed by atoms with Crippen molar-refractivity contribution in [2.24, 2.45) is 0 Å². The Labute approximate surface area is 102 Å². The number of nitro groups is 1. The number of non-ortho nitro benzene ring substituents is 1. The first-order chi connectivity index (χ1) is 8.49. The number of benzene rings is 1. The molecule has 6 nitrogen and oxygen atoms in total. The van der Waals surface area contributed by atoms with Gasteiger partial charge in [0.1, 0.15) is 0 Å². The average molecular weight is 245 g/mol. The topological polar surface area (TPSA) is 78.0 Å². The zero-order chi connectivity index (χ0) is 13.3. The first kappa shape index (κ1) is 12.0. The predicted octanol–water partition coefficient (Wildman–Crippen LogP) is 1.88. The molecule has 0 unspecified atom stereocenters. The lowest BCUT2D eigenvalue weighted by Crippen LogP contribution is -2.20. The van der Waals surface area contributed by atoms with Crippen LogP contribution in [0.25, 0.3) is 10.9 Å². The molecule has 0 saturated carbocycles.